The van der Waals surface area contributed by atoms with Gasteiger partial charge in [0.15, 0.2) is 6.23 Å². The molecule has 178 valence electrons. The van der Waals surface area contributed by atoms with Crippen molar-refractivity contribution in [1.82, 2.24) is 14.7 Å². The first kappa shape index (κ1) is 23.3. The first-order valence-corrected chi connectivity index (χ1v) is 12.1. The highest BCUT2D eigenvalue weighted by molar-refractivity contribution is 9.10. The van der Waals surface area contributed by atoms with Crippen molar-refractivity contribution in [3.8, 4) is 16.9 Å². The molecule has 0 spiro atoms. The van der Waals surface area contributed by atoms with Crippen LogP contribution in [0.2, 0.25) is 0 Å². The summed E-state index contributed by atoms with van der Waals surface area (Å²) in [6, 6.07) is 21.6. The van der Waals surface area contributed by atoms with Gasteiger partial charge in [-0.15, -0.1) is 0 Å². The molecule has 0 aliphatic carbocycles. The molecule has 2 atom stereocenters. The van der Waals surface area contributed by atoms with Crippen molar-refractivity contribution in [1.29, 1.82) is 0 Å². The van der Waals surface area contributed by atoms with E-state index in [0.717, 1.165) is 26.9 Å². The lowest BCUT2D eigenvalue weighted by Crippen LogP contribution is -2.32. The van der Waals surface area contributed by atoms with Crippen LogP contribution in [0.4, 0.5) is 10.1 Å². The molecule has 0 saturated carbocycles. The van der Waals surface area contributed by atoms with Crippen LogP contribution in [0.15, 0.2) is 83.5 Å². The van der Waals surface area contributed by atoms with Crippen LogP contribution in [0.5, 0.6) is 0 Å². The molecule has 0 unspecified atom stereocenters. The van der Waals surface area contributed by atoms with Crippen LogP contribution in [-0.2, 0) is 16.0 Å². The van der Waals surface area contributed by atoms with Crippen molar-refractivity contribution in [2.45, 2.75) is 25.7 Å². The van der Waals surface area contributed by atoms with Gasteiger partial charge in [-0.2, -0.15) is 5.10 Å². The van der Waals surface area contributed by atoms with Crippen LogP contribution in [0.3, 0.4) is 0 Å². The number of aromatic nitrogens is 2. The molecule has 1 fully saturated rings. The molecule has 1 aliphatic rings. The Labute approximate surface area is 211 Å². The number of carbonyl (C=O) groups excluding carboxylic acids is 1. The number of rotatable bonds is 6. The van der Waals surface area contributed by atoms with E-state index in [0.29, 0.717) is 24.3 Å². The van der Waals surface area contributed by atoms with Crippen molar-refractivity contribution in [3.63, 3.8) is 0 Å². The molecule has 1 aliphatic heterocycles. The van der Waals surface area contributed by atoms with Crippen LogP contribution in [0.25, 0.3) is 16.9 Å². The van der Waals surface area contributed by atoms with Crippen LogP contribution < -0.4 is 5.73 Å². The van der Waals surface area contributed by atoms with Crippen molar-refractivity contribution >= 4 is 27.5 Å². The minimum Gasteiger partial charge on any atom is -0.399 e. The Kier molecular flexibility index (Phi) is 6.40. The predicted molar refractivity (Wildman–Crippen MR) is 136 cm³/mol. The van der Waals surface area contributed by atoms with E-state index in [1.807, 2.05) is 54.7 Å². The molecule has 4 aromatic rings. The van der Waals surface area contributed by atoms with E-state index in [-0.39, 0.29) is 11.7 Å². The average molecular weight is 535 g/mol. The molecule has 1 aromatic heterocycles. The number of nitrogens with zero attached hydrogens (tertiary/aromatic N) is 3. The number of hydrogen-bond donors (Lipinski definition) is 1. The van der Waals surface area contributed by atoms with E-state index < -0.39 is 12.3 Å². The number of nitrogen functional groups attached to an aromatic ring is 1. The molecular formula is C27H24BrFN4O2. The maximum absolute atomic E-state index is 13.6. The number of benzene rings is 3. The minimum atomic E-state index is -0.622. The van der Waals surface area contributed by atoms with E-state index in [1.165, 1.54) is 12.1 Å². The van der Waals surface area contributed by atoms with Crippen molar-refractivity contribution < 1.29 is 13.9 Å². The molecule has 3 aromatic carbocycles. The molecule has 8 heteroatoms. The highest BCUT2D eigenvalue weighted by atomic mass is 79.9. The predicted octanol–water partition coefficient (Wildman–Crippen LogP) is 5.51. The van der Waals surface area contributed by atoms with Gasteiger partial charge in [-0.1, -0.05) is 28.1 Å². The molecule has 0 bridgehead atoms. The largest absolute Gasteiger partial charge is 0.399 e. The van der Waals surface area contributed by atoms with Gasteiger partial charge in [-0.25, -0.2) is 9.07 Å². The van der Waals surface area contributed by atoms with Crippen LogP contribution in [-0.4, -0.2) is 33.2 Å². The number of carbonyl (C=O) groups is 1. The van der Waals surface area contributed by atoms with Gasteiger partial charge in [0.25, 0.3) is 5.91 Å². The van der Waals surface area contributed by atoms with Gasteiger partial charge < -0.3 is 15.4 Å². The zero-order valence-corrected chi connectivity index (χ0v) is 20.7. The van der Waals surface area contributed by atoms with Crippen molar-refractivity contribution in [2.75, 3.05) is 12.3 Å². The highest BCUT2D eigenvalue weighted by Gasteiger charge is 2.40. The topological polar surface area (TPSA) is 73.4 Å². The third-order valence-electron chi connectivity index (χ3n) is 6.06. The summed E-state index contributed by atoms with van der Waals surface area (Å²) < 4.78 is 22.5. The lowest BCUT2D eigenvalue weighted by molar-refractivity contribution is -0.130. The van der Waals surface area contributed by atoms with Gasteiger partial charge in [0.2, 0.25) is 0 Å². The normalized spacial score (nSPS) is 17.8. The lowest BCUT2D eigenvalue weighted by Gasteiger charge is -2.23. The van der Waals surface area contributed by atoms with Gasteiger partial charge in [0.1, 0.15) is 17.6 Å². The van der Waals surface area contributed by atoms with Crippen LogP contribution in [0, 0.1) is 5.82 Å². The molecular weight excluding hydrogens is 511 g/mol. The minimum absolute atomic E-state index is 0.0830. The SMILES string of the molecule is C[C@H]1O[C@@H](c2cn(-c3ccc(Br)cc3)nc2-c2ccc(F)cc2)N(CCc2cccc(N)c2)C1=O. The Morgan fingerprint density at radius 3 is 2.54 bits per heavy atom. The lowest BCUT2D eigenvalue weighted by atomic mass is 10.1. The second kappa shape index (κ2) is 9.64. The fourth-order valence-corrected chi connectivity index (χ4v) is 4.53. The first-order valence-electron chi connectivity index (χ1n) is 11.3. The summed E-state index contributed by atoms with van der Waals surface area (Å²) in [4.78, 5) is 14.8. The fourth-order valence-electron chi connectivity index (χ4n) is 4.27. The standard InChI is InChI=1S/C27H24BrFN4O2/c1-17-26(34)32(14-13-18-3-2-4-22(30)15-18)27(35-17)24-16-33(23-11-7-20(28)8-12-23)31-25(24)19-5-9-21(29)10-6-19/h2-12,15-17,27H,13-14,30H2,1H3/t17-,27+/m1/s1. The van der Waals surface area contributed by atoms with Gasteiger partial charge in [0, 0.05) is 34.0 Å². The second-order valence-corrected chi connectivity index (χ2v) is 9.43. The number of halogens is 2. The molecule has 2 heterocycles. The van der Waals surface area contributed by atoms with E-state index in [9.17, 15) is 9.18 Å². The average Bonchev–Trinajstić information content (AvgIpc) is 3.40. The third kappa shape index (κ3) is 4.85. The zero-order valence-electron chi connectivity index (χ0n) is 19.1. The molecule has 5 rings (SSSR count). The summed E-state index contributed by atoms with van der Waals surface area (Å²) in [5, 5.41) is 4.81. The second-order valence-electron chi connectivity index (χ2n) is 8.52. The zero-order chi connectivity index (χ0) is 24.5. The first-order chi connectivity index (χ1) is 16.9. The number of amides is 1. The summed E-state index contributed by atoms with van der Waals surface area (Å²) in [5.41, 5.74) is 10.6. The Bertz CT molecular complexity index is 1350. The van der Waals surface area contributed by atoms with Gasteiger partial charge in [0.05, 0.1) is 5.69 Å². The van der Waals surface area contributed by atoms with Crippen LogP contribution in [0.1, 0.15) is 24.3 Å². The Balaban J connectivity index is 1.54. The highest BCUT2D eigenvalue weighted by Crippen LogP contribution is 2.37. The Hall–Kier alpha value is -3.49. The maximum Gasteiger partial charge on any atom is 0.253 e. The van der Waals surface area contributed by atoms with E-state index in [2.05, 4.69) is 15.9 Å². The molecule has 6 nitrogen and oxygen atoms in total. The maximum atomic E-state index is 13.6. The summed E-state index contributed by atoms with van der Waals surface area (Å²) in [5.74, 6) is -0.410. The van der Waals surface area contributed by atoms with Gasteiger partial charge in [-0.3, -0.25) is 4.79 Å². The fraction of sp³-hybridized carbons (Fsp3) is 0.185. The van der Waals surface area contributed by atoms with Crippen LogP contribution >= 0.6 is 15.9 Å². The summed E-state index contributed by atoms with van der Waals surface area (Å²) >= 11 is 3.46. The molecule has 35 heavy (non-hydrogen) atoms. The number of hydrogen-bond acceptors (Lipinski definition) is 4. The molecule has 0 radical (unpaired) electrons. The monoisotopic (exact) mass is 534 g/mol. The quantitative estimate of drug-likeness (QED) is 0.331. The summed E-state index contributed by atoms with van der Waals surface area (Å²) in [7, 11) is 0. The van der Waals surface area contributed by atoms with E-state index in [1.54, 1.807) is 28.6 Å². The smallest absolute Gasteiger partial charge is 0.253 e. The van der Waals surface area contributed by atoms with Crippen molar-refractivity contribution in [3.05, 3.63) is 100 Å². The number of ether oxygens (including phenoxy) is 1. The third-order valence-corrected chi connectivity index (χ3v) is 6.59. The number of nitrogens with two attached hydrogens (primary N) is 1. The number of anilines is 1. The molecule has 1 saturated heterocycles. The summed E-state index contributed by atoms with van der Waals surface area (Å²) in [6.07, 6.45) is 1.31. The van der Waals surface area contributed by atoms with Gasteiger partial charge >= 0.3 is 0 Å². The van der Waals surface area contributed by atoms with E-state index in [4.69, 9.17) is 15.6 Å². The van der Waals surface area contributed by atoms with E-state index >= 15 is 0 Å². The Morgan fingerprint density at radius 1 is 1.09 bits per heavy atom. The summed E-state index contributed by atoms with van der Waals surface area (Å²) in [6.45, 7) is 2.22. The van der Waals surface area contributed by atoms with Gasteiger partial charge in [-0.05, 0) is 79.6 Å². The molecule has 1 amide bonds. The molecule has 2 N–H and O–H groups in total. The Morgan fingerprint density at radius 2 is 1.83 bits per heavy atom. The van der Waals surface area contributed by atoms with Crippen molar-refractivity contribution in [2.24, 2.45) is 0 Å².